The highest BCUT2D eigenvalue weighted by Crippen LogP contribution is 2.27. The monoisotopic (exact) mass is 251 g/mol. The Morgan fingerprint density at radius 2 is 2.28 bits per heavy atom. The summed E-state index contributed by atoms with van der Waals surface area (Å²) in [4.78, 5) is 2.33. The van der Waals surface area contributed by atoms with E-state index < -0.39 is 0 Å². The molecule has 1 unspecified atom stereocenters. The minimum Gasteiger partial charge on any atom is -0.504 e. The number of hydrogen-bond donors (Lipinski definition) is 2. The lowest BCUT2D eigenvalue weighted by Gasteiger charge is -2.31. The zero-order chi connectivity index (χ0) is 13.0. The summed E-state index contributed by atoms with van der Waals surface area (Å²) in [6, 6.07) is 5.51. The minimum atomic E-state index is 0.186. The predicted octanol–water partition coefficient (Wildman–Crippen LogP) is 1.61. The van der Waals surface area contributed by atoms with Gasteiger partial charge in [-0.25, -0.2) is 0 Å². The molecule has 2 N–H and O–H groups in total. The topological polar surface area (TPSA) is 52.9 Å². The van der Waals surface area contributed by atoms with Crippen molar-refractivity contribution in [1.82, 2.24) is 4.90 Å². The van der Waals surface area contributed by atoms with Crippen molar-refractivity contribution in [2.75, 3.05) is 26.8 Å². The van der Waals surface area contributed by atoms with Gasteiger partial charge in [-0.2, -0.15) is 0 Å². The van der Waals surface area contributed by atoms with Gasteiger partial charge in [0.2, 0.25) is 0 Å². The summed E-state index contributed by atoms with van der Waals surface area (Å²) >= 11 is 0. The number of piperidine rings is 1. The minimum absolute atomic E-state index is 0.186. The number of nitrogens with zero attached hydrogens (tertiary/aromatic N) is 1. The van der Waals surface area contributed by atoms with Crippen LogP contribution in [0.4, 0.5) is 0 Å². The highest BCUT2D eigenvalue weighted by molar-refractivity contribution is 5.41. The summed E-state index contributed by atoms with van der Waals surface area (Å²) in [6.45, 7) is 3.07. The van der Waals surface area contributed by atoms with E-state index in [2.05, 4.69) is 4.90 Å². The normalized spacial score (nSPS) is 20.9. The molecule has 0 bridgehead atoms. The lowest BCUT2D eigenvalue weighted by atomic mass is 9.98. The molecule has 4 heteroatoms. The van der Waals surface area contributed by atoms with Crippen molar-refractivity contribution in [3.63, 3.8) is 0 Å². The van der Waals surface area contributed by atoms with Crippen molar-refractivity contribution in [3.8, 4) is 11.5 Å². The molecule has 1 atom stereocenters. The largest absolute Gasteiger partial charge is 0.504 e. The number of aromatic hydroxyl groups is 1. The van der Waals surface area contributed by atoms with Gasteiger partial charge < -0.3 is 14.9 Å². The molecule has 0 saturated carbocycles. The number of rotatable bonds is 4. The van der Waals surface area contributed by atoms with Crippen LogP contribution in [0.1, 0.15) is 18.4 Å². The van der Waals surface area contributed by atoms with Gasteiger partial charge in [0.05, 0.1) is 7.11 Å². The SMILES string of the molecule is COc1ccc(CN2CCCC(CO)C2)cc1O. The van der Waals surface area contributed by atoms with Crippen LogP contribution in [0.15, 0.2) is 18.2 Å². The van der Waals surface area contributed by atoms with Crippen LogP contribution < -0.4 is 4.74 Å². The summed E-state index contributed by atoms with van der Waals surface area (Å²) in [6.07, 6.45) is 2.24. The number of hydrogen-bond acceptors (Lipinski definition) is 4. The Labute approximate surface area is 108 Å². The molecule has 0 amide bonds. The molecule has 0 aliphatic carbocycles. The fourth-order valence-electron chi connectivity index (χ4n) is 2.54. The molecular formula is C14H21NO3. The van der Waals surface area contributed by atoms with Gasteiger partial charge in [-0.1, -0.05) is 6.07 Å². The average molecular weight is 251 g/mol. The number of aliphatic hydroxyl groups is 1. The third-order valence-corrected chi connectivity index (χ3v) is 3.51. The highest BCUT2D eigenvalue weighted by Gasteiger charge is 2.19. The third-order valence-electron chi connectivity index (χ3n) is 3.51. The van der Waals surface area contributed by atoms with Crippen LogP contribution >= 0.6 is 0 Å². The Bertz CT molecular complexity index is 395. The van der Waals surface area contributed by atoms with Gasteiger partial charge in [0.25, 0.3) is 0 Å². The van der Waals surface area contributed by atoms with Gasteiger partial charge in [0, 0.05) is 19.7 Å². The van der Waals surface area contributed by atoms with E-state index in [0.29, 0.717) is 11.7 Å². The maximum atomic E-state index is 9.74. The maximum absolute atomic E-state index is 9.74. The van der Waals surface area contributed by atoms with Crippen LogP contribution in [0.25, 0.3) is 0 Å². The number of aliphatic hydroxyl groups excluding tert-OH is 1. The van der Waals surface area contributed by atoms with Crippen LogP contribution in [0.2, 0.25) is 0 Å². The highest BCUT2D eigenvalue weighted by atomic mass is 16.5. The molecule has 4 nitrogen and oxygen atoms in total. The zero-order valence-corrected chi connectivity index (χ0v) is 10.8. The molecule has 0 spiro atoms. The maximum Gasteiger partial charge on any atom is 0.160 e. The van der Waals surface area contributed by atoms with Crippen LogP contribution in [0.5, 0.6) is 11.5 Å². The number of ether oxygens (including phenoxy) is 1. The van der Waals surface area contributed by atoms with E-state index in [1.807, 2.05) is 6.07 Å². The fraction of sp³-hybridized carbons (Fsp3) is 0.571. The summed E-state index contributed by atoms with van der Waals surface area (Å²) in [7, 11) is 1.55. The van der Waals surface area contributed by atoms with Gasteiger partial charge in [0.1, 0.15) is 0 Å². The number of methoxy groups -OCH3 is 1. The predicted molar refractivity (Wildman–Crippen MR) is 69.7 cm³/mol. The van der Waals surface area contributed by atoms with E-state index in [4.69, 9.17) is 4.74 Å². The Kier molecular flexibility index (Phi) is 4.44. The first-order valence-electron chi connectivity index (χ1n) is 6.42. The summed E-state index contributed by atoms with van der Waals surface area (Å²) in [5, 5.41) is 18.9. The van der Waals surface area contributed by atoms with E-state index in [0.717, 1.165) is 38.0 Å². The van der Waals surface area contributed by atoms with E-state index in [1.165, 1.54) is 0 Å². The van der Waals surface area contributed by atoms with Crippen LogP contribution in [0.3, 0.4) is 0 Å². The molecule has 0 aromatic heterocycles. The first kappa shape index (κ1) is 13.2. The molecule has 1 heterocycles. The Hall–Kier alpha value is -1.26. The number of likely N-dealkylation sites (tertiary alicyclic amines) is 1. The molecule has 1 aliphatic rings. The molecular weight excluding hydrogens is 230 g/mol. The summed E-state index contributed by atoms with van der Waals surface area (Å²) < 4.78 is 5.03. The van der Waals surface area contributed by atoms with Crippen molar-refractivity contribution < 1.29 is 14.9 Å². The average Bonchev–Trinajstić information content (AvgIpc) is 2.39. The van der Waals surface area contributed by atoms with Gasteiger partial charge in [-0.3, -0.25) is 4.90 Å². The lowest BCUT2D eigenvalue weighted by Crippen LogP contribution is -2.36. The van der Waals surface area contributed by atoms with E-state index in [-0.39, 0.29) is 12.4 Å². The van der Waals surface area contributed by atoms with Gasteiger partial charge in [-0.15, -0.1) is 0 Å². The molecule has 1 saturated heterocycles. The molecule has 1 aromatic carbocycles. The van der Waals surface area contributed by atoms with Gasteiger partial charge >= 0.3 is 0 Å². The molecule has 1 aliphatic heterocycles. The summed E-state index contributed by atoms with van der Waals surface area (Å²) in [5.74, 6) is 1.09. The number of benzene rings is 1. The fourth-order valence-corrected chi connectivity index (χ4v) is 2.54. The van der Waals surface area contributed by atoms with Crippen LogP contribution in [-0.4, -0.2) is 41.9 Å². The van der Waals surface area contributed by atoms with E-state index in [9.17, 15) is 10.2 Å². The molecule has 1 aromatic rings. The van der Waals surface area contributed by atoms with Crippen molar-refractivity contribution in [1.29, 1.82) is 0 Å². The number of phenols is 1. The Morgan fingerprint density at radius 1 is 1.44 bits per heavy atom. The van der Waals surface area contributed by atoms with Crippen molar-refractivity contribution in [2.24, 2.45) is 5.92 Å². The van der Waals surface area contributed by atoms with Gasteiger partial charge in [0.15, 0.2) is 11.5 Å². The zero-order valence-electron chi connectivity index (χ0n) is 10.8. The second kappa shape index (κ2) is 6.07. The first-order chi connectivity index (χ1) is 8.72. The molecule has 18 heavy (non-hydrogen) atoms. The Morgan fingerprint density at radius 3 is 2.94 bits per heavy atom. The second-order valence-electron chi connectivity index (χ2n) is 4.93. The van der Waals surface area contributed by atoms with Crippen molar-refractivity contribution in [2.45, 2.75) is 19.4 Å². The standard InChI is InChI=1S/C14H21NO3/c1-18-14-5-4-11(7-13(14)17)8-15-6-2-3-12(9-15)10-16/h4-5,7,12,16-17H,2-3,6,8-10H2,1H3. The lowest BCUT2D eigenvalue weighted by molar-refractivity contribution is 0.116. The Balaban J connectivity index is 1.98. The van der Waals surface area contributed by atoms with Crippen LogP contribution in [-0.2, 0) is 6.54 Å². The smallest absolute Gasteiger partial charge is 0.160 e. The van der Waals surface area contributed by atoms with Crippen molar-refractivity contribution >= 4 is 0 Å². The molecule has 1 fully saturated rings. The summed E-state index contributed by atoms with van der Waals surface area (Å²) in [5.41, 5.74) is 1.08. The quantitative estimate of drug-likeness (QED) is 0.853. The first-order valence-corrected chi connectivity index (χ1v) is 6.42. The molecule has 0 radical (unpaired) electrons. The third kappa shape index (κ3) is 3.15. The van der Waals surface area contributed by atoms with Crippen LogP contribution in [0, 0.1) is 5.92 Å². The van der Waals surface area contributed by atoms with Gasteiger partial charge in [-0.05, 0) is 43.0 Å². The van der Waals surface area contributed by atoms with Crippen molar-refractivity contribution in [3.05, 3.63) is 23.8 Å². The second-order valence-corrected chi connectivity index (χ2v) is 4.93. The van der Waals surface area contributed by atoms with E-state index in [1.54, 1.807) is 19.2 Å². The molecule has 100 valence electrons. The molecule has 2 rings (SSSR count). The van der Waals surface area contributed by atoms with E-state index >= 15 is 0 Å². The number of phenolic OH excluding ortho intramolecular Hbond substituents is 1.